The quantitative estimate of drug-likeness (QED) is 0.632. The van der Waals surface area contributed by atoms with E-state index in [-0.39, 0.29) is 6.03 Å². The van der Waals surface area contributed by atoms with Crippen molar-refractivity contribution in [1.82, 2.24) is 10.3 Å². The molecular weight excluding hydrogens is 364 g/mol. The SMILES string of the molecule is Cc1cccc(CNC(=O)Nc2cccc(COc3ccc(CC#N)cc3)c2)n1. The standard InChI is InChI=1S/C23H22N4O2/c1-17-4-2-7-21(26-17)15-25-23(28)27-20-6-3-5-19(14-20)16-29-22-10-8-18(9-11-22)12-13-24/h2-11,14H,12,15-16H2,1H3,(H2,25,27,28). The van der Waals surface area contributed by atoms with Crippen molar-refractivity contribution < 1.29 is 9.53 Å². The first-order chi connectivity index (χ1) is 14.1. The maximum absolute atomic E-state index is 12.1. The van der Waals surface area contributed by atoms with Gasteiger partial charge in [-0.2, -0.15) is 5.26 Å². The Hall–Kier alpha value is -3.85. The Bertz CT molecular complexity index is 1010. The van der Waals surface area contributed by atoms with Gasteiger partial charge in [-0.25, -0.2) is 4.79 Å². The minimum Gasteiger partial charge on any atom is -0.489 e. The molecule has 0 bridgehead atoms. The van der Waals surface area contributed by atoms with Crippen LogP contribution in [0.5, 0.6) is 5.75 Å². The molecule has 6 nitrogen and oxygen atoms in total. The summed E-state index contributed by atoms with van der Waals surface area (Å²) in [5.41, 5.74) is 4.30. The Kier molecular flexibility index (Phi) is 6.80. The van der Waals surface area contributed by atoms with Gasteiger partial charge in [0.2, 0.25) is 0 Å². The van der Waals surface area contributed by atoms with Crippen LogP contribution in [0.3, 0.4) is 0 Å². The molecule has 1 heterocycles. The number of nitriles is 1. The molecule has 6 heteroatoms. The Morgan fingerprint density at radius 2 is 1.86 bits per heavy atom. The number of amides is 2. The van der Waals surface area contributed by atoms with E-state index in [0.29, 0.717) is 25.3 Å². The number of hydrogen-bond donors (Lipinski definition) is 2. The summed E-state index contributed by atoms with van der Waals surface area (Å²) in [6, 6.07) is 22.5. The van der Waals surface area contributed by atoms with E-state index in [1.165, 1.54) is 0 Å². The highest BCUT2D eigenvalue weighted by molar-refractivity contribution is 5.89. The Morgan fingerprint density at radius 1 is 1.07 bits per heavy atom. The molecule has 3 aromatic rings. The second-order valence-electron chi connectivity index (χ2n) is 6.55. The molecule has 0 unspecified atom stereocenters. The van der Waals surface area contributed by atoms with E-state index >= 15 is 0 Å². The normalized spacial score (nSPS) is 10.1. The molecule has 0 fully saturated rings. The van der Waals surface area contributed by atoms with Crippen LogP contribution in [0, 0.1) is 18.3 Å². The molecule has 0 spiro atoms. The van der Waals surface area contributed by atoms with Crippen molar-refractivity contribution in [3.8, 4) is 11.8 Å². The Labute approximate surface area is 170 Å². The van der Waals surface area contributed by atoms with Gasteiger partial charge in [0.15, 0.2) is 0 Å². The number of carbonyl (C=O) groups is 1. The molecular formula is C23H22N4O2. The maximum atomic E-state index is 12.1. The lowest BCUT2D eigenvalue weighted by atomic mass is 10.1. The van der Waals surface area contributed by atoms with Crippen LogP contribution in [0.25, 0.3) is 0 Å². The second-order valence-corrected chi connectivity index (χ2v) is 6.55. The molecule has 2 N–H and O–H groups in total. The molecule has 0 aliphatic carbocycles. The van der Waals surface area contributed by atoms with Crippen molar-refractivity contribution in [2.45, 2.75) is 26.5 Å². The number of nitrogens with zero attached hydrogens (tertiary/aromatic N) is 2. The average Bonchev–Trinajstić information content (AvgIpc) is 2.72. The van der Waals surface area contributed by atoms with E-state index in [9.17, 15) is 4.79 Å². The molecule has 2 amide bonds. The summed E-state index contributed by atoms with van der Waals surface area (Å²) in [6.07, 6.45) is 0.385. The maximum Gasteiger partial charge on any atom is 0.319 e. The number of aromatic nitrogens is 1. The van der Waals surface area contributed by atoms with Crippen molar-refractivity contribution in [2.75, 3.05) is 5.32 Å². The van der Waals surface area contributed by atoms with E-state index < -0.39 is 0 Å². The first-order valence-corrected chi connectivity index (χ1v) is 9.27. The number of anilines is 1. The summed E-state index contributed by atoms with van der Waals surface area (Å²) in [4.78, 5) is 16.5. The third-order valence-corrected chi connectivity index (χ3v) is 4.17. The molecule has 146 valence electrons. The summed E-state index contributed by atoms with van der Waals surface area (Å²) in [6.45, 7) is 2.65. The van der Waals surface area contributed by atoms with Crippen molar-refractivity contribution in [1.29, 1.82) is 5.26 Å². The minimum atomic E-state index is -0.292. The lowest BCUT2D eigenvalue weighted by Crippen LogP contribution is -2.28. The van der Waals surface area contributed by atoms with Gasteiger partial charge in [0, 0.05) is 11.4 Å². The summed E-state index contributed by atoms with van der Waals surface area (Å²) in [5, 5.41) is 14.3. The topological polar surface area (TPSA) is 87.0 Å². The number of carbonyl (C=O) groups excluding carboxylic acids is 1. The number of pyridine rings is 1. The number of urea groups is 1. The van der Waals surface area contributed by atoms with Gasteiger partial charge in [-0.1, -0.05) is 30.3 Å². The Morgan fingerprint density at radius 3 is 2.62 bits per heavy atom. The van der Waals surface area contributed by atoms with Crippen LogP contribution >= 0.6 is 0 Å². The number of ether oxygens (including phenoxy) is 1. The van der Waals surface area contributed by atoms with Crippen LogP contribution in [0.1, 0.15) is 22.5 Å². The predicted octanol–water partition coefficient (Wildman–Crippen LogP) is 4.36. The third kappa shape index (κ3) is 6.36. The van der Waals surface area contributed by atoms with Crippen molar-refractivity contribution >= 4 is 11.7 Å². The summed E-state index contributed by atoms with van der Waals surface area (Å²) in [7, 11) is 0. The predicted molar refractivity (Wildman–Crippen MR) is 111 cm³/mol. The molecule has 3 rings (SSSR count). The monoisotopic (exact) mass is 386 g/mol. The molecule has 0 aliphatic heterocycles. The van der Waals surface area contributed by atoms with Gasteiger partial charge >= 0.3 is 6.03 Å². The van der Waals surface area contributed by atoms with Crippen LogP contribution in [-0.2, 0) is 19.6 Å². The van der Waals surface area contributed by atoms with E-state index in [4.69, 9.17) is 10.00 Å². The lowest BCUT2D eigenvalue weighted by molar-refractivity contribution is 0.251. The van der Waals surface area contributed by atoms with Gasteiger partial charge in [0.1, 0.15) is 12.4 Å². The van der Waals surface area contributed by atoms with Gasteiger partial charge < -0.3 is 15.4 Å². The molecule has 2 aromatic carbocycles. The molecule has 1 aromatic heterocycles. The molecule has 0 saturated carbocycles. The number of hydrogen-bond acceptors (Lipinski definition) is 4. The van der Waals surface area contributed by atoms with E-state index in [2.05, 4.69) is 21.7 Å². The zero-order valence-corrected chi connectivity index (χ0v) is 16.2. The fourth-order valence-corrected chi connectivity index (χ4v) is 2.74. The van der Waals surface area contributed by atoms with Gasteiger partial charge in [0.05, 0.1) is 24.7 Å². The highest BCUT2D eigenvalue weighted by Crippen LogP contribution is 2.16. The molecule has 0 saturated heterocycles. The van der Waals surface area contributed by atoms with Gasteiger partial charge in [0.25, 0.3) is 0 Å². The minimum absolute atomic E-state index is 0.292. The zero-order chi connectivity index (χ0) is 20.5. The zero-order valence-electron chi connectivity index (χ0n) is 16.2. The third-order valence-electron chi connectivity index (χ3n) is 4.17. The van der Waals surface area contributed by atoms with Crippen molar-refractivity contribution in [3.63, 3.8) is 0 Å². The smallest absolute Gasteiger partial charge is 0.319 e. The van der Waals surface area contributed by atoms with Gasteiger partial charge in [-0.05, 0) is 54.4 Å². The summed E-state index contributed by atoms with van der Waals surface area (Å²) < 4.78 is 5.78. The van der Waals surface area contributed by atoms with E-state index in [1.807, 2.05) is 73.7 Å². The Balaban J connectivity index is 1.51. The molecule has 0 radical (unpaired) electrons. The van der Waals surface area contributed by atoms with E-state index in [1.54, 1.807) is 0 Å². The first-order valence-electron chi connectivity index (χ1n) is 9.27. The number of aryl methyl sites for hydroxylation is 1. The fraction of sp³-hybridized carbons (Fsp3) is 0.174. The van der Waals surface area contributed by atoms with Crippen molar-refractivity contribution in [2.24, 2.45) is 0 Å². The summed E-state index contributed by atoms with van der Waals surface area (Å²) >= 11 is 0. The highest BCUT2D eigenvalue weighted by Gasteiger charge is 2.04. The largest absolute Gasteiger partial charge is 0.489 e. The van der Waals surface area contributed by atoms with Gasteiger partial charge in [-0.15, -0.1) is 0 Å². The molecule has 0 aliphatic rings. The molecule has 0 atom stereocenters. The van der Waals surface area contributed by atoms with Crippen LogP contribution in [-0.4, -0.2) is 11.0 Å². The number of rotatable bonds is 7. The highest BCUT2D eigenvalue weighted by atomic mass is 16.5. The molecule has 29 heavy (non-hydrogen) atoms. The number of benzene rings is 2. The van der Waals surface area contributed by atoms with Crippen LogP contribution in [0.15, 0.2) is 66.7 Å². The lowest BCUT2D eigenvalue weighted by Gasteiger charge is -2.10. The van der Waals surface area contributed by atoms with E-state index in [0.717, 1.165) is 28.3 Å². The average molecular weight is 386 g/mol. The fourth-order valence-electron chi connectivity index (χ4n) is 2.74. The van der Waals surface area contributed by atoms with Crippen LogP contribution in [0.4, 0.5) is 10.5 Å². The van der Waals surface area contributed by atoms with Crippen LogP contribution in [0.2, 0.25) is 0 Å². The van der Waals surface area contributed by atoms with Crippen molar-refractivity contribution in [3.05, 3.63) is 89.2 Å². The summed E-state index contributed by atoms with van der Waals surface area (Å²) in [5.74, 6) is 0.730. The second kappa shape index (κ2) is 9.90. The van der Waals surface area contributed by atoms with Crippen LogP contribution < -0.4 is 15.4 Å². The van der Waals surface area contributed by atoms with Gasteiger partial charge in [-0.3, -0.25) is 4.98 Å². The number of nitrogens with one attached hydrogen (secondary N) is 2. The first kappa shape index (κ1) is 19.9.